The Morgan fingerprint density at radius 3 is 2.55 bits per heavy atom. The highest BCUT2D eigenvalue weighted by Crippen LogP contribution is 2.32. The van der Waals surface area contributed by atoms with Gasteiger partial charge in [0, 0.05) is 37.6 Å². The molecular formula is C17H22N2O3. The minimum Gasteiger partial charge on any atom is -0.396 e. The molecule has 5 nitrogen and oxygen atoms in total. The van der Waals surface area contributed by atoms with E-state index in [1.165, 1.54) is 6.08 Å². The van der Waals surface area contributed by atoms with Crippen molar-refractivity contribution < 1.29 is 14.7 Å². The summed E-state index contributed by atoms with van der Waals surface area (Å²) in [5.74, 6) is -0.186. The van der Waals surface area contributed by atoms with Gasteiger partial charge in [0.25, 0.3) is 0 Å². The number of rotatable bonds is 4. The molecular weight excluding hydrogens is 280 g/mol. The predicted octanol–water partition coefficient (Wildman–Crippen LogP) is 2.56. The zero-order valence-electron chi connectivity index (χ0n) is 13.7. The summed E-state index contributed by atoms with van der Waals surface area (Å²) in [6.07, 6.45) is 1.69. The minimum absolute atomic E-state index is 0.0299. The topological polar surface area (TPSA) is 71.7 Å². The van der Waals surface area contributed by atoms with Gasteiger partial charge in [0.1, 0.15) is 11.4 Å². The van der Waals surface area contributed by atoms with Crippen molar-refractivity contribution in [2.45, 2.75) is 40.0 Å². The summed E-state index contributed by atoms with van der Waals surface area (Å²) in [6.45, 7) is 7.67. The monoisotopic (exact) mass is 302 g/mol. The van der Waals surface area contributed by atoms with Gasteiger partial charge in [0.2, 0.25) is 11.6 Å². The van der Waals surface area contributed by atoms with E-state index in [-0.39, 0.29) is 29.8 Å². The molecule has 0 atom stereocenters. The fraction of sp³-hybridized carbons (Fsp3) is 0.471. The Morgan fingerprint density at radius 1 is 1.36 bits per heavy atom. The predicted molar refractivity (Wildman–Crippen MR) is 85.8 cm³/mol. The van der Waals surface area contributed by atoms with Gasteiger partial charge in [-0.1, -0.05) is 13.8 Å². The molecule has 0 aromatic carbocycles. The first-order chi connectivity index (χ1) is 10.3. The zero-order valence-corrected chi connectivity index (χ0v) is 13.7. The van der Waals surface area contributed by atoms with Gasteiger partial charge in [-0.15, -0.1) is 0 Å². The lowest BCUT2D eigenvalue weighted by molar-refractivity contribution is 0.0978. The number of Topliss-reactive ketones (excluding diaryl/α,β-unsaturated/α-hetero) is 1. The second kappa shape index (κ2) is 6.01. The van der Waals surface area contributed by atoms with Crippen molar-refractivity contribution in [3.05, 3.63) is 34.3 Å². The van der Waals surface area contributed by atoms with Crippen LogP contribution >= 0.6 is 0 Å². The SMILES string of the molecule is CC(CCO)=NC1=CC(=O)c2c(c(C)c(C(C)C)n2C)C1=O. The Balaban J connectivity index is 2.58. The molecule has 0 saturated carbocycles. The van der Waals surface area contributed by atoms with Crippen molar-refractivity contribution in [3.63, 3.8) is 0 Å². The maximum atomic E-state index is 12.7. The van der Waals surface area contributed by atoms with Gasteiger partial charge in [-0.2, -0.15) is 0 Å². The molecule has 0 spiro atoms. The normalized spacial score (nSPS) is 15.4. The van der Waals surface area contributed by atoms with Crippen LogP contribution in [0.5, 0.6) is 0 Å². The van der Waals surface area contributed by atoms with Crippen LogP contribution in [0, 0.1) is 6.92 Å². The van der Waals surface area contributed by atoms with Gasteiger partial charge in [-0.3, -0.25) is 14.6 Å². The Morgan fingerprint density at radius 2 is 2.00 bits per heavy atom. The number of allylic oxidation sites excluding steroid dienone is 2. The molecule has 1 N–H and O–H groups in total. The summed E-state index contributed by atoms with van der Waals surface area (Å²) in [4.78, 5) is 29.3. The van der Waals surface area contributed by atoms with E-state index in [1.54, 1.807) is 6.92 Å². The van der Waals surface area contributed by atoms with E-state index in [2.05, 4.69) is 4.99 Å². The lowest BCUT2D eigenvalue weighted by Crippen LogP contribution is -2.19. The molecule has 1 aliphatic rings. The first kappa shape index (κ1) is 16.4. The number of ketones is 2. The van der Waals surface area contributed by atoms with Crippen molar-refractivity contribution in [2.75, 3.05) is 6.61 Å². The number of aliphatic hydroxyl groups excluding tert-OH is 1. The molecule has 1 aromatic heterocycles. The molecule has 2 rings (SSSR count). The molecule has 1 aromatic rings. The molecule has 0 aliphatic heterocycles. The lowest BCUT2D eigenvalue weighted by atomic mass is 9.94. The summed E-state index contributed by atoms with van der Waals surface area (Å²) in [7, 11) is 1.82. The molecule has 0 fully saturated rings. The minimum atomic E-state index is -0.216. The smallest absolute Gasteiger partial charge is 0.214 e. The number of nitrogens with zero attached hydrogens (tertiary/aromatic N) is 2. The lowest BCUT2D eigenvalue weighted by Gasteiger charge is -2.12. The molecule has 118 valence electrons. The quantitative estimate of drug-likeness (QED) is 0.869. The van der Waals surface area contributed by atoms with Crippen molar-refractivity contribution in [3.8, 4) is 0 Å². The summed E-state index contributed by atoms with van der Waals surface area (Å²) >= 11 is 0. The number of hydrogen-bond acceptors (Lipinski definition) is 4. The van der Waals surface area contributed by atoms with E-state index in [9.17, 15) is 9.59 Å². The molecule has 22 heavy (non-hydrogen) atoms. The molecule has 0 saturated heterocycles. The van der Waals surface area contributed by atoms with E-state index in [0.717, 1.165) is 11.3 Å². The summed E-state index contributed by atoms with van der Waals surface area (Å²) in [5, 5.41) is 8.93. The third kappa shape index (κ3) is 2.57. The number of carbonyl (C=O) groups excluding carboxylic acids is 2. The van der Waals surface area contributed by atoms with Crippen LogP contribution in [0.3, 0.4) is 0 Å². The van der Waals surface area contributed by atoms with Crippen LogP contribution in [0.4, 0.5) is 0 Å². The summed E-state index contributed by atoms with van der Waals surface area (Å²) < 4.78 is 1.83. The van der Waals surface area contributed by atoms with E-state index >= 15 is 0 Å². The van der Waals surface area contributed by atoms with Crippen LogP contribution in [-0.4, -0.2) is 33.6 Å². The number of carbonyl (C=O) groups is 2. The maximum absolute atomic E-state index is 12.7. The number of aromatic nitrogens is 1. The third-order valence-electron chi connectivity index (χ3n) is 3.99. The van der Waals surface area contributed by atoms with Gasteiger partial charge in [-0.25, -0.2) is 0 Å². The fourth-order valence-electron chi connectivity index (χ4n) is 3.12. The number of fused-ring (bicyclic) bond motifs is 1. The van der Waals surface area contributed by atoms with Crippen LogP contribution in [0.15, 0.2) is 16.8 Å². The van der Waals surface area contributed by atoms with E-state index in [0.29, 0.717) is 23.4 Å². The van der Waals surface area contributed by atoms with E-state index in [1.807, 2.05) is 32.4 Å². The van der Waals surface area contributed by atoms with Crippen molar-refractivity contribution in [1.82, 2.24) is 4.57 Å². The highest BCUT2D eigenvalue weighted by atomic mass is 16.3. The second-order valence-electron chi connectivity index (χ2n) is 5.99. The number of aliphatic imine (C=N–C) groups is 1. The zero-order chi connectivity index (χ0) is 16.6. The molecule has 0 unspecified atom stereocenters. The molecule has 0 amide bonds. The Hall–Kier alpha value is -2.01. The fourth-order valence-corrected chi connectivity index (χ4v) is 3.12. The number of aliphatic hydroxyl groups is 1. The first-order valence-electron chi connectivity index (χ1n) is 7.44. The van der Waals surface area contributed by atoms with Crippen LogP contribution in [0.1, 0.15) is 65.2 Å². The van der Waals surface area contributed by atoms with Gasteiger partial charge >= 0.3 is 0 Å². The third-order valence-corrected chi connectivity index (χ3v) is 3.99. The van der Waals surface area contributed by atoms with Crippen molar-refractivity contribution in [1.29, 1.82) is 0 Å². The maximum Gasteiger partial charge on any atom is 0.214 e. The second-order valence-corrected chi connectivity index (χ2v) is 5.99. The standard InChI is InChI=1S/C17H22N2O3/c1-9(2)15-11(4)14-16(19(15)5)13(21)8-12(17(14)22)18-10(3)6-7-20/h8-9,20H,6-7H2,1-5H3. The molecule has 0 bridgehead atoms. The molecule has 0 radical (unpaired) electrons. The van der Waals surface area contributed by atoms with Crippen molar-refractivity contribution in [2.24, 2.45) is 12.0 Å². The summed E-state index contributed by atoms with van der Waals surface area (Å²) in [5.41, 5.74) is 3.56. The Bertz CT molecular complexity index is 706. The first-order valence-corrected chi connectivity index (χ1v) is 7.44. The molecule has 1 aliphatic carbocycles. The van der Waals surface area contributed by atoms with Crippen LogP contribution in [0.2, 0.25) is 0 Å². The van der Waals surface area contributed by atoms with Gasteiger partial charge in [-0.05, 0) is 25.3 Å². The average molecular weight is 302 g/mol. The number of hydrogen-bond donors (Lipinski definition) is 1. The van der Waals surface area contributed by atoms with Crippen molar-refractivity contribution >= 4 is 17.3 Å². The summed E-state index contributed by atoms with van der Waals surface area (Å²) in [6, 6.07) is 0. The van der Waals surface area contributed by atoms with Crippen LogP contribution in [-0.2, 0) is 7.05 Å². The largest absolute Gasteiger partial charge is 0.396 e. The molecule has 1 heterocycles. The van der Waals surface area contributed by atoms with Gasteiger partial charge < -0.3 is 9.67 Å². The average Bonchev–Trinajstić information content (AvgIpc) is 2.68. The van der Waals surface area contributed by atoms with Crippen LogP contribution in [0.25, 0.3) is 0 Å². The van der Waals surface area contributed by atoms with Crippen LogP contribution < -0.4 is 0 Å². The Kier molecular flexibility index (Phi) is 4.47. The van der Waals surface area contributed by atoms with Gasteiger partial charge in [0.05, 0.1) is 5.56 Å². The Labute approximate surface area is 130 Å². The molecule has 5 heteroatoms. The van der Waals surface area contributed by atoms with E-state index in [4.69, 9.17) is 5.11 Å². The van der Waals surface area contributed by atoms with E-state index < -0.39 is 0 Å². The van der Waals surface area contributed by atoms with Gasteiger partial charge in [0.15, 0.2) is 0 Å². The highest BCUT2D eigenvalue weighted by Gasteiger charge is 2.33. The highest BCUT2D eigenvalue weighted by molar-refractivity contribution is 6.25.